The molecule has 0 aliphatic carbocycles. The van der Waals surface area contributed by atoms with E-state index in [2.05, 4.69) is 0 Å². The Morgan fingerprint density at radius 1 is 1.31 bits per heavy atom. The fraction of sp³-hybridized carbons (Fsp3) is 0.364. The van der Waals surface area contributed by atoms with Crippen LogP contribution in [-0.4, -0.2) is 25.3 Å². The lowest BCUT2D eigenvalue weighted by Gasteiger charge is -2.15. The molecule has 0 bridgehead atoms. The van der Waals surface area contributed by atoms with Gasteiger partial charge in [0.25, 0.3) is 0 Å². The van der Waals surface area contributed by atoms with E-state index in [1.54, 1.807) is 12.1 Å². The quantitative estimate of drug-likeness (QED) is 0.801. The third-order valence-corrected chi connectivity index (χ3v) is 2.35. The largest absolute Gasteiger partial charge is 0.496 e. The van der Waals surface area contributed by atoms with Crippen LogP contribution < -0.4 is 15.2 Å². The van der Waals surface area contributed by atoms with Crippen LogP contribution in [0.4, 0.5) is 0 Å². The minimum Gasteiger partial charge on any atom is -0.496 e. The lowest BCUT2D eigenvalue weighted by molar-refractivity contribution is -0.138. The van der Waals surface area contributed by atoms with Crippen molar-refractivity contribution in [2.24, 2.45) is 5.73 Å². The Kier molecular flexibility index (Phi) is 3.73. The second-order valence-electron chi connectivity index (χ2n) is 3.38. The molecule has 0 amide bonds. The normalized spacial score (nSPS) is 12.0. The van der Waals surface area contributed by atoms with Gasteiger partial charge in [-0.2, -0.15) is 0 Å². The molecule has 3 N–H and O–H groups in total. The van der Waals surface area contributed by atoms with Crippen molar-refractivity contribution in [1.82, 2.24) is 0 Å². The second-order valence-corrected chi connectivity index (χ2v) is 3.38. The van der Waals surface area contributed by atoms with Gasteiger partial charge in [0, 0.05) is 5.56 Å². The number of benzene rings is 1. The summed E-state index contributed by atoms with van der Waals surface area (Å²) in [7, 11) is 2.99. The van der Waals surface area contributed by atoms with E-state index >= 15 is 0 Å². The highest BCUT2D eigenvalue weighted by atomic mass is 16.5. The molecule has 16 heavy (non-hydrogen) atoms. The topological polar surface area (TPSA) is 81.8 Å². The lowest BCUT2D eigenvalue weighted by atomic mass is 10.0. The maximum absolute atomic E-state index is 10.8. The molecule has 5 heteroatoms. The van der Waals surface area contributed by atoms with E-state index < -0.39 is 12.0 Å². The first-order valence-corrected chi connectivity index (χ1v) is 4.72. The molecule has 0 aliphatic heterocycles. The maximum atomic E-state index is 10.8. The molecule has 0 aliphatic rings. The molecule has 1 atom stereocenters. The number of methoxy groups -OCH3 is 2. The summed E-state index contributed by atoms with van der Waals surface area (Å²) in [5.74, 6) is -0.0649. The monoisotopic (exact) mass is 225 g/mol. The van der Waals surface area contributed by atoms with Crippen LogP contribution >= 0.6 is 0 Å². The number of aryl methyl sites for hydroxylation is 1. The molecule has 0 saturated carbocycles. The molecule has 88 valence electrons. The summed E-state index contributed by atoms with van der Waals surface area (Å²) in [6.07, 6.45) is 0. The Bertz CT molecular complexity index is 403. The number of hydrogen-bond acceptors (Lipinski definition) is 4. The molecular formula is C11H15NO4. The van der Waals surface area contributed by atoms with Gasteiger partial charge in [0.1, 0.15) is 17.5 Å². The molecule has 0 radical (unpaired) electrons. The summed E-state index contributed by atoms with van der Waals surface area (Å²) in [5, 5.41) is 8.87. The molecule has 0 heterocycles. The third kappa shape index (κ3) is 2.25. The SMILES string of the molecule is COc1cc(C(N)C(=O)O)c(OC)cc1C. The van der Waals surface area contributed by atoms with Crippen molar-refractivity contribution in [2.45, 2.75) is 13.0 Å². The summed E-state index contributed by atoms with van der Waals surface area (Å²) in [6, 6.07) is 2.17. The smallest absolute Gasteiger partial charge is 0.325 e. The number of ether oxygens (including phenoxy) is 2. The molecule has 0 spiro atoms. The van der Waals surface area contributed by atoms with Gasteiger partial charge in [-0.3, -0.25) is 4.79 Å². The van der Waals surface area contributed by atoms with Crippen LogP contribution in [0.3, 0.4) is 0 Å². The highest BCUT2D eigenvalue weighted by molar-refractivity contribution is 5.76. The van der Waals surface area contributed by atoms with Crippen molar-refractivity contribution in [3.8, 4) is 11.5 Å². The average Bonchev–Trinajstić information content (AvgIpc) is 2.27. The minimum atomic E-state index is -1.12. The van der Waals surface area contributed by atoms with Gasteiger partial charge in [0.05, 0.1) is 14.2 Å². The number of carboxylic acid groups (broad SMARTS) is 1. The van der Waals surface area contributed by atoms with Gasteiger partial charge >= 0.3 is 5.97 Å². The van der Waals surface area contributed by atoms with Crippen LogP contribution in [0.5, 0.6) is 11.5 Å². The Balaban J connectivity index is 3.29. The first-order chi connectivity index (χ1) is 7.51. The van der Waals surface area contributed by atoms with Gasteiger partial charge in [-0.05, 0) is 24.6 Å². The van der Waals surface area contributed by atoms with E-state index in [0.29, 0.717) is 17.1 Å². The fourth-order valence-corrected chi connectivity index (χ4v) is 1.45. The van der Waals surface area contributed by atoms with Gasteiger partial charge in [-0.25, -0.2) is 0 Å². The van der Waals surface area contributed by atoms with Crippen molar-refractivity contribution in [3.05, 3.63) is 23.3 Å². The summed E-state index contributed by atoms with van der Waals surface area (Å²) in [4.78, 5) is 10.8. The van der Waals surface area contributed by atoms with Gasteiger partial charge in [-0.1, -0.05) is 0 Å². The Hall–Kier alpha value is -1.75. The zero-order chi connectivity index (χ0) is 12.3. The van der Waals surface area contributed by atoms with Crippen molar-refractivity contribution in [1.29, 1.82) is 0 Å². The highest BCUT2D eigenvalue weighted by Gasteiger charge is 2.20. The van der Waals surface area contributed by atoms with E-state index in [9.17, 15) is 4.79 Å². The van der Waals surface area contributed by atoms with E-state index in [-0.39, 0.29) is 0 Å². The fourth-order valence-electron chi connectivity index (χ4n) is 1.45. The lowest BCUT2D eigenvalue weighted by Crippen LogP contribution is -2.21. The summed E-state index contributed by atoms with van der Waals surface area (Å²) >= 11 is 0. The van der Waals surface area contributed by atoms with Crippen LogP contribution in [0.25, 0.3) is 0 Å². The second kappa shape index (κ2) is 4.85. The van der Waals surface area contributed by atoms with Crippen LogP contribution in [-0.2, 0) is 4.79 Å². The summed E-state index contributed by atoms with van der Waals surface area (Å²) < 4.78 is 10.2. The number of rotatable bonds is 4. The minimum absolute atomic E-state index is 0.400. The average molecular weight is 225 g/mol. The first kappa shape index (κ1) is 12.3. The van der Waals surface area contributed by atoms with Crippen LogP contribution in [0.1, 0.15) is 17.2 Å². The van der Waals surface area contributed by atoms with Crippen LogP contribution in [0, 0.1) is 6.92 Å². The number of carboxylic acids is 1. The molecular weight excluding hydrogens is 210 g/mol. The van der Waals surface area contributed by atoms with Crippen molar-refractivity contribution in [2.75, 3.05) is 14.2 Å². The Morgan fingerprint density at radius 2 is 1.88 bits per heavy atom. The van der Waals surface area contributed by atoms with Gasteiger partial charge in [-0.15, -0.1) is 0 Å². The Labute approximate surface area is 93.8 Å². The zero-order valence-corrected chi connectivity index (χ0v) is 9.48. The molecule has 0 aromatic heterocycles. The predicted octanol–water partition coefficient (Wildman–Crippen LogP) is 1.10. The number of nitrogens with two attached hydrogens (primary N) is 1. The van der Waals surface area contributed by atoms with Crippen molar-refractivity contribution in [3.63, 3.8) is 0 Å². The summed E-state index contributed by atoms with van der Waals surface area (Å²) in [5.41, 5.74) is 6.81. The standard InChI is InChI=1S/C11H15NO4/c1-6-4-9(16-3)7(5-8(6)15-2)10(12)11(13)14/h4-5,10H,12H2,1-3H3,(H,13,14). The third-order valence-electron chi connectivity index (χ3n) is 2.35. The number of aliphatic carboxylic acids is 1. The molecule has 1 aromatic rings. The number of hydrogen-bond donors (Lipinski definition) is 2. The highest BCUT2D eigenvalue weighted by Crippen LogP contribution is 2.31. The van der Waals surface area contributed by atoms with Crippen LogP contribution in [0.2, 0.25) is 0 Å². The van der Waals surface area contributed by atoms with Crippen molar-refractivity contribution < 1.29 is 19.4 Å². The van der Waals surface area contributed by atoms with Crippen LogP contribution in [0.15, 0.2) is 12.1 Å². The predicted molar refractivity (Wildman–Crippen MR) is 58.8 cm³/mol. The molecule has 0 saturated heterocycles. The van der Waals surface area contributed by atoms with Crippen molar-refractivity contribution >= 4 is 5.97 Å². The van der Waals surface area contributed by atoms with E-state index in [1.165, 1.54) is 14.2 Å². The summed E-state index contributed by atoms with van der Waals surface area (Å²) in [6.45, 7) is 1.84. The van der Waals surface area contributed by atoms with Gasteiger partial charge < -0.3 is 20.3 Å². The maximum Gasteiger partial charge on any atom is 0.325 e. The molecule has 0 fully saturated rings. The van der Waals surface area contributed by atoms with E-state index in [0.717, 1.165) is 5.56 Å². The van der Waals surface area contributed by atoms with Gasteiger partial charge in [0.2, 0.25) is 0 Å². The molecule has 1 aromatic carbocycles. The Morgan fingerprint density at radius 3 is 2.31 bits per heavy atom. The van der Waals surface area contributed by atoms with E-state index in [1.807, 2.05) is 6.92 Å². The van der Waals surface area contributed by atoms with E-state index in [4.69, 9.17) is 20.3 Å². The zero-order valence-electron chi connectivity index (χ0n) is 9.48. The molecule has 5 nitrogen and oxygen atoms in total. The molecule has 1 rings (SSSR count). The van der Waals surface area contributed by atoms with Gasteiger partial charge in [0.15, 0.2) is 0 Å². The first-order valence-electron chi connectivity index (χ1n) is 4.72. The number of carbonyl (C=O) groups is 1. The molecule has 1 unspecified atom stereocenters.